The summed E-state index contributed by atoms with van der Waals surface area (Å²) in [6, 6.07) is 5.50. The van der Waals surface area contributed by atoms with E-state index in [9.17, 15) is 0 Å². The quantitative estimate of drug-likeness (QED) is 0.480. The van der Waals surface area contributed by atoms with Crippen molar-refractivity contribution >= 4 is 34.7 Å². The second kappa shape index (κ2) is 3.63. The first kappa shape index (κ1) is 8.41. The van der Waals surface area contributed by atoms with Crippen LogP contribution in [0.4, 0.5) is 5.69 Å². The average molecular weight is 184 g/mol. The Bertz CT molecular complexity index is 316. The molecule has 1 aromatic carbocycles. The van der Waals surface area contributed by atoms with Gasteiger partial charge in [0.25, 0.3) is 0 Å². The lowest BCUT2D eigenvalue weighted by Crippen LogP contribution is -1.72. The van der Waals surface area contributed by atoms with Gasteiger partial charge in [0, 0.05) is 5.02 Å². The van der Waals surface area contributed by atoms with Crippen molar-refractivity contribution in [3.05, 3.63) is 28.8 Å². The average Bonchev–Trinajstić information content (AvgIpc) is 1.98. The highest BCUT2D eigenvalue weighted by Crippen LogP contribution is 2.21. The zero-order chi connectivity index (χ0) is 8.27. The molecule has 0 saturated carbocycles. The predicted octanol–water partition coefficient (Wildman–Crippen LogP) is 3.38. The molecule has 0 unspecified atom stereocenters. The number of nitrogens with zero attached hydrogens (tertiary/aromatic N) is 1. The molecule has 0 radical (unpaired) electrons. The highest BCUT2D eigenvalue weighted by atomic mass is 35.5. The van der Waals surface area contributed by atoms with Crippen LogP contribution < -0.4 is 0 Å². The maximum absolute atomic E-state index is 5.83. The third-order valence-electron chi connectivity index (χ3n) is 1.33. The zero-order valence-corrected chi connectivity index (χ0v) is 7.54. The maximum Gasteiger partial charge on any atom is 0.0754 e. The minimum atomic E-state index is 0.705. The van der Waals surface area contributed by atoms with Crippen LogP contribution in [0.2, 0.25) is 5.02 Å². The number of aryl methyl sites for hydroxylation is 1. The van der Waals surface area contributed by atoms with E-state index in [1.165, 1.54) is 0 Å². The summed E-state index contributed by atoms with van der Waals surface area (Å²) in [5.74, 6) is 0. The van der Waals surface area contributed by atoms with E-state index >= 15 is 0 Å². The van der Waals surface area contributed by atoms with Crippen molar-refractivity contribution in [3.8, 4) is 0 Å². The van der Waals surface area contributed by atoms with E-state index in [2.05, 4.69) is 22.4 Å². The molecular weight excluding hydrogens is 178 g/mol. The van der Waals surface area contributed by atoms with Gasteiger partial charge in [0.2, 0.25) is 0 Å². The Morgan fingerprint density at radius 3 is 2.82 bits per heavy atom. The molecule has 0 saturated heterocycles. The van der Waals surface area contributed by atoms with Gasteiger partial charge < -0.3 is 0 Å². The van der Waals surface area contributed by atoms with Crippen LogP contribution in [0.1, 0.15) is 5.56 Å². The molecule has 0 heterocycles. The van der Waals surface area contributed by atoms with Gasteiger partial charge in [-0.05, 0) is 36.8 Å². The SMILES string of the molecule is Cc1ccc(N=C=S)cc1Cl. The third kappa shape index (κ3) is 2.12. The summed E-state index contributed by atoms with van der Waals surface area (Å²) in [6.45, 7) is 1.94. The number of isothiocyanates is 1. The summed E-state index contributed by atoms with van der Waals surface area (Å²) in [4.78, 5) is 3.79. The van der Waals surface area contributed by atoms with E-state index in [0.717, 1.165) is 11.3 Å². The van der Waals surface area contributed by atoms with Crippen LogP contribution in [-0.4, -0.2) is 5.16 Å². The van der Waals surface area contributed by atoms with Crippen molar-refractivity contribution in [2.24, 2.45) is 4.99 Å². The fourth-order valence-electron chi connectivity index (χ4n) is 0.704. The highest BCUT2D eigenvalue weighted by Gasteiger charge is 1.94. The van der Waals surface area contributed by atoms with Crippen LogP contribution in [0.25, 0.3) is 0 Å². The molecule has 1 aromatic rings. The van der Waals surface area contributed by atoms with E-state index in [1.807, 2.05) is 19.1 Å². The molecule has 56 valence electrons. The molecule has 1 rings (SSSR count). The molecule has 0 bridgehead atoms. The van der Waals surface area contributed by atoms with Crippen LogP contribution in [0.3, 0.4) is 0 Å². The first-order valence-corrected chi connectivity index (χ1v) is 3.86. The van der Waals surface area contributed by atoms with Gasteiger partial charge in [0.05, 0.1) is 10.8 Å². The molecule has 0 aliphatic heterocycles. The number of hydrogen-bond donors (Lipinski definition) is 0. The van der Waals surface area contributed by atoms with E-state index in [0.29, 0.717) is 5.02 Å². The Hall–Kier alpha value is -0.690. The van der Waals surface area contributed by atoms with Crippen LogP contribution in [0, 0.1) is 6.92 Å². The van der Waals surface area contributed by atoms with Crippen molar-refractivity contribution in [3.63, 3.8) is 0 Å². The summed E-state index contributed by atoms with van der Waals surface area (Å²) in [6.07, 6.45) is 0. The van der Waals surface area contributed by atoms with Gasteiger partial charge in [0.1, 0.15) is 0 Å². The topological polar surface area (TPSA) is 12.4 Å². The van der Waals surface area contributed by atoms with Gasteiger partial charge in [-0.25, -0.2) is 0 Å². The largest absolute Gasteiger partial charge is 0.195 e. The van der Waals surface area contributed by atoms with Gasteiger partial charge in [-0.3, -0.25) is 0 Å². The smallest absolute Gasteiger partial charge is 0.0754 e. The van der Waals surface area contributed by atoms with Crippen LogP contribution in [0.15, 0.2) is 23.2 Å². The van der Waals surface area contributed by atoms with Gasteiger partial charge >= 0.3 is 0 Å². The minimum absolute atomic E-state index is 0.705. The molecular formula is C8H6ClNS. The van der Waals surface area contributed by atoms with Crippen molar-refractivity contribution in [1.82, 2.24) is 0 Å². The molecule has 0 aromatic heterocycles. The summed E-state index contributed by atoms with van der Waals surface area (Å²) in [7, 11) is 0. The fraction of sp³-hybridized carbons (Fsp3) is 0.125. The summed E-state index contributed by atoms with van der Waals surface area (Å²) < 4.78 is 0. The molecule has 0 amide bonds. The van der Waals surface area contributed by atoms with Gasteiger partial charge in [-0.1, -0.05) is 17.7 Å². The van der Waals surface area contributed by atoms with Gasteiger partial charge in [-0.2, -0.15) is 4.99 Å². The predicted molar refractivity (Wildman–Crippen MR) is 50.9 cm³/mol. The summed E-state index contributed by atoms with van der Waals surface area (Å²) in [5, 5.41) is 2.99. The van der Waals surface area contributed by atoms with Crippen molar-refractivity contribution in [1.29, 1.82) is 0 Å². The number of hydrogen-bond acceptors (Lipinski definition) is 2. The Labute approximate surface area is 75.7 Å². The number of benzene rings is 1. The van der Waals surface area contributed by atoms with Crippen LogP contribution in [-0.2, 0) is 0 Å². The van der Waals surface area contributed by atoms with E-state index in [4.69, 9.17) is 11.6 Å². The van der Waals surface area contributed by atoms with Gasteiger partial charge in [-0.15, -0.1) is 0 Å². The van der Waals surface area contributed by atoms with E-state index < -0.39 is 0 Å². The first-order valence-electron chi connectivity index (χ1n) is 3.08. The van der Waals surface area contributed by atoms with Crippen LogP contribution in [0.5, 0.6) is 0 Å². The van der Waals surface area contributed by atoms with Crippen molar-refractivity contribution < 1.29 is 0 Å². The lowest BCUT2D eigenvalue weighted by molar-refractivity contribution is 1.44. The fourth-order valence-corrected chi connectivity index (χ4v) is 0.984. The molecule has 0 aliphatic rings. The van der Waals surface area contributed by atoms with Crippen molar-refractivity contribution in [2.45, 2.75) is 6.92 Å². The lowest BCUT2D eigenvalue weighted by Gasteiger charge is -1.96. The summed E-state index contributed by atoms with van der Waals surface area (Å²) in [5.41, 5.74) is 1.78. The highest BCUT2D eigenvalue weighted by molar-refractivity contribution is 7.78. The molecule has 3 heteroatoms. The number of halogens is 1. The monoisotopic (exact) mass is 183 g/mol. The standard InChI is InChI=1S/C8H6ClNS/c1-6-2-3-7(10-5-11)4-8(6)9/h2-4H,1H3. The molecule has 1 nitrogen and oxygen atoms in total. The first-order chi connectivity index (χ1) is 5.24. The molecule has 11 heavy (non-hydrogen) atoms. The normalized spacial score (nSPS) is 8.91. The third-order valence-corrected chi connectivity index (χ3v) is 1.83. The minimum Gasteiger partial charge on any atom is -0.195 e. The molecule has 0 spiro atoms. The zero-order valence-electron chi connectivity index (χ0n) is 5.97. The molecule has 0 atom stereocenters. The molecule has 0 N–H and O–H groups in total. The Kier molecular flexibility index (Phi) is 2.77. The second-order valence-electron chi connectivity index (χ2n) is 2.14. The number of rotatable bonds is 1. The Morgan fingerprint density at radius 2 is 2.27 bits per heavy atom. The van der Waals surface area contributed by atoms with E-state index in [1.54, 1.807) is 6.07 Å². The van der Waals surface area contributed by atoms with Gasteiger partial charge in [0.15, 0.2) is 0 Å². The maximum atomic E-state index is 5.83. The number of aliphatic imine (C=N–C) groups is 1. The number of thiocarbonyl (C=S) groups is 1. The molecule has 0 aliphatic carbocycles. The molecule has 0 fully saturated rings. The second-order valence-corrected chi connectivity index (χ2v) is 2.73. The van der Waals surface area contributed by atoms with Crippen LogP contribution >= 0.6 is 23.8 Å². The summed E-state index contributed by atoms with van der Waals surface area (Å²) >= 11 is 10.3. The Balaban J connectivity index is 3.14. The van der Waals surface area contributed by atoms with Crippen molar-refractivity contribution in [2.75, 3.05) is 0 Å². The Morgan fingerprint density at radius 1 is 1.55 bits per heavy atom. The van der Waals surface area contributed by atoms with E-state index in [-0.39, 0.29) is 0 Å². The lowest BCUT2D eigenvalue weighted by atomic mass is 10.2.